The predicted molar refractivity (Wildman–Crippen MR) is 95.7 cm³/mol. The molecule has 118 valence electrons. The summed E-state index contributed by atoms with van der Waals surface area (Å²) in [5, 5.41) is 5.20. The number of benzene rings is 2. The van der Waals surface area contributed by atoms with Crippen molar-refractivity contribution in [3.8, 4) is 0 Å². The fraction of sp³-hybridized carbons (Fsp3) is 0.176. The Morgan fingerprint density at radius 2 is 1.78 bits per heavy atom. The Labute approximate surface area is 147 Å². The van der Waals surface area contributed by atoms with E-state index in [2.05, 4.69) is 49.5 Å². The first kappa shape index (κ1) is 16.1. The molecule has 0 N–H and O–H groups in total. The molecule has 0 aliphatic carbocycles. The number of halogens is 2. The number of hydrogen-bond donors (Lipinski definition) is 0. The van der Waals surface area contributed by atoms with Crippen LogP contribution in [0.25, 0.3) is 0 Å². The lowest BCUT2D eigenvalue weighted by molar-refractivity contribution is 0.627. The Morgan fingerprint density at radius 3 is 2.43 bits per heavy atom. The lowest BCUT2D eigenvalue weighted by atomic mass is 10.2. The van der Waals surface area contributed by atoms with Crippen LogP contribution >= 0.6 is 27.5 Å². The third-order valence-electron chi connectivity index (χ3n) is 3.51. The Balaban J connectivity index is 1.99. The number of nitrogens with zero attached hydrogens (tertiary/aromatic N) is 3. The van der Waals surface area contributed by atoms with E-state index in [0.717, 1.165) is 32.8 Å². The van der Waals surface area contributed by atoms with E-state index in [-0.39, 0.29) is 5.82 Å². The normalized spacial score (nSPS) is 10.7. The van der Waals surface area contributed by atoms with Gasteiger partial charge in [0.15, 0.2) is 0 Å². The number of aromatic nitrogens is 2. The van der Waals surface area contributed by atoms with Crippen molar-refractivity contribution in [2.75, 3.05) is 4.90 Å². The third-order valence-corrected chi connectivity index (χ3v) is 4.83. The van der Waals surface area contributed by atoms with Gasteiger partial charge in [-0.15, -0.1) is 5.10 Å². The molecular formula is C17H15BrFN3S. The summed E-state index contributed by atoms with van der Waals surface area (Å²) >= 11 is 4.82. The maximum atomic E-state index is 13.3. The molecule has 23 heavy (non-hydrogen) atoms. The highest BCUT2D eigenvalue weighted by Gasteiger charge is 2.17. The van der Waals surface area contributed by atoms with Crippen LogP contribution in [0.5, 0.6) is 0 Å². The zero-order valence-corrected chi connectivity index (χ0v) is 14.9. The van der Waals surface area contributed by atoms with Crippen LogP contribution in [-0.4, -0.2) is 9.59 Å². The van der Waals surface area contributed by atoms with Gasteiger partial charge in [-0.25, -0.2) is 4.39 Å². The quantitative estimate of drug-likeness (QED) is 0.587. The minimum Gasteiger partial charge on any atom is -0.326 e. The largest absolute Gasteiger partial charge is 0.326 e. The maximum Gasteiger partial charge on any atom is 0.140 e. The average molecular weight is 392 g/mol. The van der Waals surface area contributed by atoms with Crippen LogP contribution in [0.4, 0.5) is 15.1 Å². The van der Waals surface area contributed by atoms with Crippen molar-refractivity contribution in [2.45, 2.75) is 19.9 Å². The molecule has 6 heteroatoms. The highest BCUT2D eigenvalue weighted by Crippen LogP contribution is 2.33. The van der Waals surface area contributed by atoms with Gasteiger partial charge in [0.25, 0.3) is 0 Å². The van der Waals surface area contributed by atoms with Crippen LogP contribution < -0.4 is 4.90 Å². The topological polar surface area (TPSA) is 29.0 Å². The van der Waals surface area contributed by atoms with Gasteiger partial charge in [-0.1, -0.05) is 39.5 Å². The molecule has 0 radical (unpaired) electrons. The summed E-state index contributed by atoms with van der Waals surface area (Å²) < 4.78 is 18.4. The lowest BCUT2D eigenvalue weighted by Gasteiger charge is -2.23. The van der Waals surface area contributed by atoms with Crippen molar-refractivity contribution in [1.82, 2.24) is 9.59 Å². The Kier molecular flexibility index (Phi) is 5.03. The summed E-state index contributed by atoms with van der Waals surface area (Å²) in [4.78, 5) is 2.13. The van der Waals surface area contributed by atoms with Gasteiger partial charge in [-0.3, -0.25) is 0 Å². The van der Waals surface area contributed by atoms with E-state index < -0.39 is 0 Å². The highest BCUT2D eigenvalue weighted by molar-refractivity contribution is 9.10. The first-order valence-corrected chi connectivity index (χ1v) is 8.83. The van der Waals surface area contributed by atoms with E-state index in [1.807, 2.05) is 12.1 Å². The minimum absolute atomic E-state index is 0.240. The number of hydrogen-bond acceptors (Lipinski definition) is 4. The monoisotopic (exact) mass is 391 g/mol. The zero-order chi connectivity index (χ0) is 16.2. The van der Waals surface area contributed by atoms with Gasteiger partial charge in [0, 0.05) is 28.2 Å². The lowest BCUT2D eigenvalue weighted by Crippen LogP contribution is -2.16. The molecule has 2 aromatic carbocycles. The molecular weight excluding hydrogens is 377 g/mol. The second-order valence-corrected chi connectivity index (χ2v) is 6.72. The van der Waals surface area contributed by atoms with E-state index >= 15 is 0 Å². The molecule has 0 fully saturated rings. The molecule has 0 saturated heterocycles. The van der Waals surface area contributed by atoms with Crippen LogP contribution in [0, 0.1) is 5.82 Å². The van der Waals surface area contributed by atoms with Crippen molar-refractivity contribution in [1.29, 1.82) is 0 Å². The fourth-order valence-corrected chi connectivity index (χ4v) is 3.34. The Hall–Kier alpha value is -1.79. The number of anilines is 2. The van der Waals surface area contributed by atoms with Gasteiger partial charge in [0.2, 0.25) is 0 Å². The summed E-state index contributed by atoms with van der Waals surface area (Å²) in [6.45, 7) is 2.73. The van der Waals surface area contributed by atoms with Gasteiger partial charge in [-0.05, 0) is 48.4 Å². The van der Waals surface area contributed by atoms with Crippen LogP contribution in [0.15, 0.2) is 53.0 Å². The van der Waals surface area contributed by atoms with E-state index in [4.69, 9.17) is 0 Å². The maximum absolute atomic E-state index is 13.3. The summed E-state index contributed by atoms with van der Waals surface area (Å²) in [6.07, 6.45) is 0.809. The standard InChI is InChI=1S/C17H15BrFN3S/c1-2-16-17(23-21-20-16)22(15-9-7-14(19)8-10-15)11-12-3-5-13(18)6-4-12/h3-10H,2,11H2,1H3. The minimum atomic E-state index is -0.240. The molecule has 0 bridgehead atoms. The molecule has 3 rings (SSSR count). The Bertz CT molecular complexity index is 771. The van der Waals surface area contributed by atoms with Crippen molar-refractivity contribution in [3.05, 3.63) is 70.1 Å². The van der Waals surface area contributed by atoms with Crippen molar-refractivity contribution in [3.63, 3.8) is 0 Å². The van der Waals surface area contributed by atoms with Gasteiger partial charge < -0.3 is 4.90 Å². The summed E-state index contributed by atoms with van der Waals surface area (Å²) in [7, 11) is 0. The molecule has 1 heterocycles. The molecule has 0 amide bonds. The predicted octanol–water partition coefficient (Wildman–Crippen LogP) is 5.34. The van der Waals surface area contributed by atoms with Crippen LogP contribution in [0.3, 0.4) is 0 Å². The summed E-state index contributed by atoms with van der Waals surface area (Å²) in [5.41, 5.74) is 3.04. The van der Waals surface area contributed by atoms with E-state index in [1.165, 1.54) is 23.7 Å². The smallest absolute Gasteiger partial charge is 0.140 e. The molecule has 1 aromatic heterocycles. The van der Waals surface area contributed by atoms with Crippen LogP contribution in [0.1, 0.15) is 18.2 Å². The van der Waals surface area contributed by atoms with E-state index in [9.17, 15) is 4.39 Å². The third kappa shape index (κ3) is 3.76. The first-order chi connectivity index (χ1) is 11.2. The fourth-order valence-electron chi connectivity index (χ4n) is 2.30. The zero-order valence-electron chi connectivity index (χ0n) is 12.5. The van der Waals surface area contributed by atoms with Crippen LogP contribution in [-0.2, 0) is 13.0 Å². The molecule has 0 unspecified atom stereocenters. The molecule has 3 aromatic rings. The number of aryl methyl sites for hydroxylation is 1. The second-order valence-electron chi connectivity index (χ2n) is 5.07. The molecule has 0 aliphatic heterocycles. The molecule has 3 nitrogen and oxygen atoms in total. The van der Waals surface area contributed by atoms with Gasteiger partial charge in [0.1, 0.15) is 10.8 Å². The van der Waals surface area contributed by atoms with E-state index in [0.29, 0.717) is 6.54 Å². The van der Waals surface area contributed by atoms with Gasteiger partial charge >= 0.3 is 0 Å². The molecule has 0 aliphatic rings. The van der Waals surface area contributed by atoms with Crippen molar-refractivity contribution >= 4 is 38.2 Å². The number of rotatable bonds is 5. The van der Waals surface area contributed by atoms with E-state index in [1.54, 1.807) is 12.1 Å². The molecule has 0 spiro atoms. The molecule has 0 atom stereocenters. The average Bonchev–Trinajstić information content (AvgIpc) is 3.04. The van der Waals surface area contributed by atoms with Crippen molar-refractivity contribution in [2.24, 2.45) is 0 Å². The summed E-state index contributed by atoms with van der Waals surface area (Å²) in [5.74, 6) is -0.240. The van der Waals surface area contributed by atoms with Gasteiger partial charge in [0.05, 0.1) is 5.69 Å². The molecule has 0 saturated carbocycles. The first-order valence-electron chi connectivity index (χ1n) is 7.26. The van der Waals surface area contributed by atoms with Crippen LogP contribution in [0.2, 0.25) is 0 Å². The van der Waals surface area contributed by atoms with Crippen molar-refractivity contribution < 1.29 is 4.39 Å². The Morgan fingerprint density at radius 1 is 1.09 bits per heavy atom. The summed E-state index contributed by atoms with van der Waals surface area (Å²) in [6, 6.07) is 14.7. The van der Waals surface area contributed by atoms with Gasteiger partial charge in [-0.2, -0.15) is 0 Å². The highest BCUT2D eigenvalue weighted by atomic mass is 79.9. The second kappa shape index (κ2) is 7.19. The SMILES string of the molecule is CCc1nnsc1N(Cc1ccc(Br)cc1)c1ccc(F)cc1.